The van der Waals surface area contributed by atoms with Crippen LogP contribution in [-0.2, 0) is 28.6 Å². The first-order chi connectivity index (χ1) is 28.0. The molecular formula is C51H76O6. The van der Waals surface area contributed by atoms with Crippen LogP contribution in [-0.4, -0.2) is 37.2 Å². The van der Waals surface area contributed by atoms with Crippen LogP contribution in [0.25, 0.3) is 0 Å². The number of allylic oxidation sites excluding steroid dienone is 22. The fourth-order valence-electron chi connectivity index (χ4n) is 5.12. The van der Waals surface area contributed by atoms with Crippen molar-refractivity contribution in [3.8, 4) is 0 Å². The highest BCUT2D eigenvalue weighted by molar-refractivity contribution is 5.71. The minimum absolute atomic E-state index is 0.153. The number of unbranched alkanes of at least 4 members (excludes halogenated alkanes) is 10. The summed E-state index contributed by atoms with van der Waals surface area (Å²) in [7, 11) is 0. The van der Waals surface area contributed by atoms with E-state index in [0.29, 0.717) is 19.3 Å². The average molecular weight is 785 g/mol. The molecule has 1 atom stereocenters. The highest BCUT2D eigenvalue weighted by Gasteiger charge is 2.19. The normalized spacial score (nSPS) is 13.4. The smallest absolute Gasteiger partial charge is 0.306 e. The summed E-state index contributed by atoms with van der Waals surface area (Å²) < 4.78 is 16.5. The third-order valence-electron chi connectivity index (χ3n) is 8.36. The van der Waals surface area contributed by atoms with Crippen molar-refractivity contribution in [2.45, 2.75) is 155 Å². The highest BCUT2D eigenvalue weighted by Crippen LogP contribution is 2.10. The molecule has 0 aromatic carbocycles. The van der Waals surface area contributed by atoms with Crippen molar-refractivity contribution in [1.82, 2.24) is 0 Å². The molecule has 0 rings (SSSR count). The lowest BCUT2D eigenvalue weighted by Gasteiger charge is -2.18. The maximum Gasteiger partial charge on any atom is 0.306 e. The van der Waals surface area contributed by atoms with Crippen LogP contribution in [0.15, 0.2) is 134 Å². The third-order valence-corrected chi connectivity index (χ3v) is 8.36. The predicted octanol–water partition coefficient (Wildman–Crippen LogP) is 14.0. The number of carbonyl (C=O) groups is 3. The van der Waals surface area contributed by atoms with Crippen LogP contribution in [0.2, 0.25) is 0 Å². The minimum Gasteiger partial charge on any atom is -0.462 e. The Hall–Kier alpha value is -4.45. The number of hydrogen-bond donors (Lipinski definition) is 0. The Kier molecular flexibility index (Phi) is 40.8. The van der Waals surface area contributed by atoms with E-state index in [-0.39, 0.29) is 50.4 Å². The summed E-state index contributed by atoms with van der Waals surface area (Å²) in [6, 6.07) is 0. The van der Waals surface area contributed by atoms with E-state index in [2.05, 4.69) is 57.2 Å². The van der Waals surface area contributed by atoms with Crippen LogP contribution in [0.5, 0.6) is 0 Å². The van der Waals surface area contributed by atoms with Gasteiger partial charge in [-0.1, -0.05) is 193 Å². The highest BCUT2D eigenvalue weighted by atomic mass is 16.6. The fourth-order valence-corrected chi connectivity index (χ4v) is 5.12. The number of rotatable bonds is 36. The van der Waals surface area contributed by atoms with Crippen LogP contribution >= 0.6 is 0 Å². The van der Waals surface area contributed by atoms with Crippen molar-refractivity contribution in [3.63, 3.8) is 0 Å². The van der Waals surface area contributed by atoms with Gasteiger partial charge in [-0.2, -0.15) is 0 Å². The van der Waals surface area contributed by atoms with Crippen molar-refractivity contribution in [3.05, 3.63) is 134 Å². The monoisotopic (exact) mass is 785 g/mol. The summed E-state index contributed by atoms with van der Waals surface area (Å²) in [5.74, 6) is -1.15. The van der Waals surface area contributed by atoms with Gasteiger partial charge in [-0.05, 0) is 70.6 Å². The Morgan fingerprint density at radius 1 is 0.386 bits per heavy atom. The molecule has 316 valence electrons. The second-order valence-corrected chi connectivity index (χ2v) is 13.7. The number of esters is 3. The summed E-state index contributed by atoms with van der Waals surface area (Å²) >= 11 is 0. The summed E-state index contributed by atoms with van der Waals surface area (Å²) in [6.07, 6.45) is 61.7. The summed E-state index contributed by atoms with van der Waals surface area (Å²) in [5, 5.41) is 0. The zero-order valence-electron chi connectivity index (χ0n) is 35.8. The van der Waals surface area contributed by atoms with E-state index in [1.165, 1.54) is 38.5 Å². The van der Waals surface area contributed by atoms with Gasteiger partial charge in [-0.25, -0.2) is 0 Å². The second-order valence-electron chi connectivity index (χ2n) is 13.7. The molecule has 0 bridgehead atoms. The number of carbonyl (C=O) groups excluding carboxylic acids is 3. The molecule has 0 fully saturated rings. The SMILES string of the molecule is CC\C=C/C=C\C=C/C=C\C=C/CCCC(=O)OCC(COC(=O)CC/C=C\C/C=C\CCCCCCCC)OC(=O)CCCCC\C=C/C=C\C=C/C=C\CC. The minimum atomic E-state index is -0.852. The molecule has 57 heavy (non-hydrogen) atoms. The number of hydrogen-bond acceptors (Lipinski definition) is 6. The zero-order valence-corrected chi connectivity index (χ0v) is 35.8. The maximum absolute atomic E-state index is 12.7. The van der Waals surface area contributed by atoms with E-state index in [1.807, 2.05) is 97.2 Å². The quantitative estimate of drug-likeness (QED) is 0.0207. The van der Waals surface area contributed by atoms with Gasteiger partial charge in [0.2, 0.25) is 0 Å². The van der Waals surface area contributed by atoms with Crippen LogP contribution in [0, 0.1) is 0 Å². The van der Waals surface area contributed by atoms with Crippen LogP contribution in [0.3, 0.4) is 0 Å². The summed E-state index contributed by atoms with van der Waals surface area (Å²) in [6.45, 7) is 6.14. The van der Waals surface area contributed by atoms with Gasteiger partial charge in [-0.3, -0.25) is 14.4 Å². The third kappa shape index (κ3) is 42.5. The topological polar surface area (TPSA) is 78.9 Å². The van der Waals surface area contributed by atoms with E-state index < -0.39 is 6.10 Å². The molecule has 0 amide bonds. The molecule has 0 aliphatic rings. The largest absolute Gasteiger partial charge is 0.462 e. The Bertz CT molecular complexity index is 1320. The summed E-state index contributed by atoms with van der Waals surface area (Å²) in [4.78, 5) is 37.6. The van der Waals surface area contributed by atoms with Gasteiger partial charge in [0, 0.05) is 19.3 Å². The van der Waals surface area contributed by atoms with Crippen molar-refractivity contribution in [2.24, 2.45) is 0 Å². The van der Waals surface area contributed by atoms with Crippen LogP contribution in [0.1, 0.15) is 149 Å². The second kappa shape index (κ2) is 44.3. The molecule has 1 unspecified atom stereocenters. The standard InChI is InChI=1S/C51H76O6/c1-4-7-10-13-16-19-22-25-28-31-34-37-40-43-49(52)55-46-48(57-51(54)45-42-39-36-33-30-27-24-21-18-15-12-9-6-3)47-56-50(53)44-41-38-35-32-29-26-23-20-17-14-11-8-5-2/h7,9-10,12-13,15-16,18-19,21-22,24-31,34-35,38,48H,4-6,8,11,14,17,20,23,32-33,36-37,39-47H2,1-3H3/b10-7-,12-9-,16-13-,18-15-,22-19-,24-21-,28-25-,29-26-,30-27-,34-31-,38-35-. The lowest BCUT2D eigenvalue weighted by atomic mass is 10.1. The van der Waals surface area contributed by atoms with Gasteiger partial charge in [0.15, 0.2) is 6.10 Å². The lowest BCUT2D eigenvalue weighted by molar-refractivity contribution is -0.166. The Balaban J connectivity index is 4.68. The molecule has 0 aliphatic heterocycles. The molecule has 0 aliphatic carbocycles. The first kappa shape index (κ1) is 52.6. The van der Waals surface area contributed by atoms with Gasteiger partial charge in [0.25, 0.3) is 0 Å². The number of ether oxygens (including phenoxy) is 3. The molecule has 0 saturated carbocycles. The van der Waals surface area contributed by atoms with Crippen molar-refractivity contribution >= 4 is 17.9 Å². The first-order valence-corrected chi connectivity index (χ1v) is 21.8. The van der Waals surface area contributed by atoms with Gasteiger partial charge in [0.05, 0.1) is 0 Å². The molecule has 6 nitrogen and oxygen atoms in total. The van der Waals surface area contributed by atoms with E-state index >= 15 is 0 Å². The van der Waals surface area contributed by atoms with Gasteiger partial charge in [0.1, 0.15) is 13.2 Å². The molecular weight excluding hydrogens is 709 g/mol. The van der Waals surface area contributed by atoms with Gasteiger partial charge < -0.3 is 14.2 Å². The molecule has 0 saturated heterocycles. The molecule has 0 N–H and O–H groups in total. The molecule has 6 heteroatoms. The Morgan fingerprint density at radius 3 is 1.37 bits per heavy atom. The van der Waals surface area contributed by atoms with Crippen LogP contribution < -0.4 is 0 Å². The van der Waals surface area contributed by atoms with Crippen LogP contribution in [0.4, 0.5) is 0 Å². The maximum atomic E-state index is 12.7. The van der Waals surface area contributed by atoms with E-state index in [1.54, 1.807) is 0 Å². The van der Waals surface area contributed by atoms with Gasteiger partial charge in [-0.15, -0.1) is 0 Å². The fraction of sp³-hybridized carbons (Fsp3) is 0.510. The lowest BCUT2D eigenvalue weighted by Crippen LogP contribution is -2.30. The predicted molar refractivity (Wildman–Crippen MR) is 242 cm³/mol. The van der Waals surface area contributed by atoms with Gasteiger partial charge >= 0.3 is 17.9 Å². The van der Waals surface area contributed by atoms with Crippen molar-refractivity contribution in [1.29, 1.82) is 0 Å². The zero-order chi connectivity index (χ0) is 41.5. The Morgan fingerprint density at radius 2 is 0.807 bits per heavy atom. The molecule has 0 radical (unpaired) electrons. The van der Waals surface area contributed by atoms with Crippen molar-refractivity contribution in [2.75, 3.05) is 13.2 Å². The Labute approximate surface area is 347 Å². The van der Waals surface area contributed by atoms with E-state index in [0.717, 1.165) is 51.4 Å². The molecule has 0 spiro atoms. The molecule has 0 aromatic heterocycles. The summed E-state index contributed by atoms with van der Waals surface area (Å²) in [5.41, 5.74) is 0. The molecule has 0 aromatic rings. The first-order valence-electron chi connectivity index (χ1n) is 21.8. The average Bonchev–Trinajstić information content (AvgIpc) is 3.21. The van der Waals surface area contributed by atoms with E-state index in [4.69, 9.17) is 14.2 Å². The molecule has 0 heterocycles. The van der Waals surface area contributed by atoms with E-state index in [9.17, 15) is 14.4 Å². The van der Waals surface area contributed by atoms with Crippen molar-refractivity contribution < 1.29 is 28.6 Å².